The summed E-state index contributed by atoms with van der Waals surface area (Å²) in [4.78, 5) is 2.26. The Morgan fingerprint density at radius 3 is 2.87 bits per heavy atom. The number of H-pyrrole nitrogens is 1. The Hall–Kier alpha value is -1.89. The van der Waals surface area contributed by atoms with Crippen LogP contribution in [0.25, 0.3) is 11.5 Å². The Bertz CT molecular complexity index is 687. The van der Waals surface area contributed by atoms with Crippen LogP contribution in [0.3, 0.4) is 0 Å². The van der Waals surface area contributed by atoms with Crippen molar-refractivity contribution < 1.29 is 9.52 Å². The summed E-state index contributed by atoms with van der Waals surface area (Å²) in [5, 5.41) is 20.8. The third-order valence-corrected chi connectivity index (χ3v) is 4.68. The minimum Gasteiger partial charge on any atom is -0.458 e. The Kier molecular flexibility index (Phi) is 5.27. The minimum atomic E-state index is 0.121. The van der Waals surface area contributed by atoms with Crippen molar-refractivity contribution in [2.24, 2.45) is 0 Å². The fraction of sp³-hybridized carbons (Fsp3) is 0.353. The number of nitrogens with one attached hydrogen (secondary N) is 1. The van der Waals surface area contributed by atoms with Gasteiger partial charge in [-0.25, -0.2) is 0 Å². The first-order chi connectivity index (χ1) is 11.3. The quantitative estimate of drug-likeness (QED) is 0.663. The van der Waals surface area contributed by atoms with Gasteiger partial charge in [0.1, 0.15) is 11.5 Å². The van der Waals surface area contributed by atoms with Gasteiger partial charge in [0.2, 0.25) is 0 Å². The molecule has 0 amide bonds. The van der Waals surface area contributed by atoms with Crippen LogP contribution in [0.2, 0.25) is 0 Å². The van der Waals surface area contributed by atoms with Crippen LogP contribution in [0.4, 0.5) is 0 Å². The predicted octanol–water partition coefficient (Wildman–Crippen LogP) is 3.50. The third kappa shape index (κ3) is 3.90. The van der Waals surface area contributed by atoms with E-state index in [0.29, 0.717) is 6.54 Å². The molecule has 0 aliphatic heterocycles. The highest BCUT2D eigenvalue weighted by molar-refractivity contribution is 7.07. The van der Waals surface area contributed by atoms with Crippen LogP contribution in [-0.4, -0.2) is 32.9 Å². The molecule has 0 aromatic carbocycles. The van der Waals surface area contributed by atoms with E-state index in [-0.39, 0.29) is 12.6 Å². The lowest BCUT2D eigenvalue weighted by Gasteiger charge is -2.28. The lowest BCUT2D eigenvalue weighted by molar-refractivity contribution is 0.100. The van der Waals surface area contributed by atoms with Crippen molar-refractivity contribution in [1.29, 1.82) is 0 Å². The first-order valence-electron chi connectivity index (χ1n) is 7.74. The number of nitrogens with zero attached hydrogens (tertiary/aromatic N) is 2. The molecule has 6 heteroatoms. The standard InChI is InChI=1S/C17H21N3O2S/c1-2-14(11-21)20(9-13-6-8-23-12-13)10-15-3-4-17(22-15)16-5-7-18-19-16/h3-8,12,14,21H,2,9-11H2,1H3,(H,18,19)/t14-/m1/s1. The molecule has 3 aromatic rings. The molecule has 3 aromatic heterocycles. The first kappa shape index (κ1) is 16.0. The van der Waals surface area contributed by atoms with E-state index in [4.69, 9.17) is 4.42 Å². The zero-order valence-corrected chi connectivity index (χ0v) is 13.9. The van der Waals surface area contributed by atoms with Gasteiger partial charge in [0.15, 0.2) is 5.76 Å². The minimum absolute atomic E-state index is 0.121. The monoisotopic (exact) mass is 331 g/mol. The molecule has 1 atom stereocenters. The molecule has 5 nitrogen and oxygen atoms in total. The predicted molar refractivity (Wildman–Crippen MR) is 91.0 cm³/mol. The number of aliphatic hydroxyl groups is 1. The Balaban J connectivity index is 1.75. The Morgan fingerprint density at radius 2 is 2.22 bits per heavy atom. The number of aliphatic hydroxyl groups excluding tert-OH is 1. The average Bonchev–Trinajstić information content (AvgIpc) is 3.31. The van der Waals surface area contributed by atoms with E-state index in [1.165, 1.54) is 5.56 Å². The molecular weight excluding hydrogens is 310 g/mol. The number of rotatable bonds is 8. The maximum Gasteiger partial charge on any atom is 0.152 e. The highest BCUT2D eigenvalue weighted by Crippen LogP contribution is 2.22. The van der Waals surface area contributed by atoms with Gasteiger partial charge in [-0.2, -0.15) is 16.4 Å². The van der Waals surface area contributed by atoms with Gasteiger partial charge in [-0.1, -0.05) is 6.92 Å². The summed E-state index contributed by atoms with van der Waals surface area (Å²) in [6.07, 6.45) is 2.61. The second-order valence-corrected chi connectivity index (χ2v) is 6.30. The van der Waals surface area contributed by atoms with Gasteiger partial charge >= 0.3 is 0 Å². The van der Waals surface area contributed by atoms with Gasteiger partial charge in [0.25, 0.3) is 0 Å². The fourth-order valence-electron chi connectivity index (χ4n) is 2.63. The van der Waals surface area contributed by atoms with E-state index >= 15 is 0 Å². The van der Waals surface area contributed by atoms with Crippen LogP contribution >= 0.6 is 11.3 Å². The maximum atomic E-state index is 9.68. The number of hydrogen-bond acceptors (Lipinski definition) is 5. The molecule has 0 saturated heterocycles. The number of thiophene rings is 1. The molecule has 0 saturated carbocycles. The van der Waals surface area contributed by atoms with Crippen molar-refractivity contribution in [2.45, 2.75) is 32.5 Å². The second kappa shape index (κ2) is 7.59. The molecule has 0 bridgehead atoms. The fourth-order valence-corrected chi connectivity index (χ4v) is 3.29. The summed E-state index contributed by atoms with van der Waals surface area (Å²) in [7, 11) is 0. The van der Waals surface area contributed by atoms with Crippen molar-refractivity contribution in [1.82, 2.24) is 15.1 Å². The number of aromatic nitrogens is 2. The molecule has 0 radical (unpaired) electrons. The van der Waals surface area contributed by atoms with E-state index in [1.807, 2.05) is 18.2 Å². The summed E-state index contributed by atoms with van der Waals surface area (Å²) >= 11 is 1.69. The lowest BCUT2D eigenvalue weighted by atomic mass is 10.1. The highest BCUT2D eigenvalue weighted by Gasteiger charge is 2.19. The molecule has 2 N–H and O–H groups in total. The topological polar surface area (TPSA) is 65.3 Å². The SMILES string of the molecule is CC[C@H](CO)N(Cc1ccsc1)Cc1ccc(-c2ccn[nH]2)o1. The largest absolute Gasteiger partial charge is 0.458 e. The number of furan rings is 1. The summed E-state index contributed by atoms with van der Waals surface area (Å²) in [5.41, 5.74) is 2.14. The van der Waals surface area contributed by atoms with E-state index in [1.54, 1.807) is 17.5 Å². The molecule has 0 fully saturated rings. The number of aromatic amines is 1. The Labute approximate surface area is 139 Å². The molecule has 3 rings (SSSR count). The lowest BCUT2D eigenvalue weighted by Crippen LogP contribution is -2.36. The van der Waals surface area contributed by atoms with Gasteiger partial charge in [-0.15, -0.1) is 0 Å². The van der Waals surface area contributed by atoms with Crippen LogP contribution in [0.5, 0.6) is 0 Å². The molecule has 122 valence electrons. The molecular formula is C17H21N3O2S. The van der Waals surface area contributed by atoms with Crippen LogP contribution < -0.4 is 0 Å². The number of hydrogen-bond donors (Lipinski definition) is 2. The molecule has 0 spiro atoms. The molecule has 0 aliphatic carbocycles. The van der Waals surface area contributed by atoms with Crippen molar-refractivity contribution in [3.63, 3.8) is 0 Å². The summed E-state index contributed by atoms with van der Waals surface area (Å²) in [6.45, 7) is 3.72. The molecule has 23 heavy (non-hydrogen) atoms. The van der Waals surface area contributed by atoms with Crippen LogP contribution in [0, 0.1) is 0 Å². The normalized spacial score (nSPS) is 12.8. The zero-order chi connectivity index (χ0) is 16.1. The van der Waals surface area contributed by atoms with Gasteiger partial charge in [-0.05, 0) is 47.0 Å². The van der Waals surface area contributed by atoms with Gasteiger partial charge in [0.05, 0.1) is 13.2 Å². The van der Waals surface area contributed by atoms with E-state index in [2.05, 4.69) is 38.8 Å². The zero-order valence-electron chi connectivity index (χ0n) is 13.1. The average molecular weight is 331 g/mol. The van der Waals surface area contributed by atoms with Gasteiger partial charge in [-0.3, -0.25) is 10.00 Å². The summed E-state index contributed by atoms with van der Waals surface area (Å²) in [6, 6.07) is 8.07. The maximum absolute atomic E-state index is 9.68. The molecule has 3 heterocycles. The molecule has 0 unspecified atom stereocenters. The summed E-state index contributed by atoms with van der Waals surface area (Å²) < 4.78 is 5.92. The van der Waals surface area contributed by atoms with Crippen LogP contribution in [0.15, 0.2) is 45.6 Å². The van der Waals surface area contributed by atoms with Crippen LogP contribution in [0.1, 0.15) is 24.7 Å². The van der Waals surface area contributed by atoms with E-state index < -0.39 is 0 Å². The van der Waals surface area contributed by atoms with Crippen molar-refractivity contribution in [3.8, 4) is 11.5 Å². The smallest absolute Gasteiger partial charge is 0.152 e. The highest BCUT2D eigenvalue weighted by atomic mass is 32.1. The van der Waals surface area contributed by atoms with Gasteiger partial charge in [0, 0.05) is 18.8 Å². The molecule has 0 aliphatic rings. The second-order valence-electron chi connectivity index (χ2n) is 5.52. The van der Waals surface area contributed by atoms with Crippen LogP contribution in [-0.2, 0) is 13.1 Å². The van der Waals surface area contributed by atoms with E-state index in [0.717, 1.165) is 30.2 Å². The Morgan fingerprint density at radius 1 is 1.30 bits per heavy atom. The van der Waals surface area contributed by atoms with Crippen molar-refractivity contribution >= 4 is 11.3 Å². The summed E-state index contributed by atoms with van der Waals surface area (Å²) in [5.74, 6) is 1.67. The third-order valence-electron chi connectivity index (χ3n) is 3.95. The van der Waals surface area contributed by atoms with Gasteiger partial charge < -0.3 is 9.52 Å². The van der Waals surface area contributed by atoms with Crippen molar-refractivity contribution in [3.05, 3.63) is 52.5 Å². The van der Waals surface area contributed by atoms with E-state index in [9.17, 15) is 5.11 Å². The first-order valence-corrected chi connectivity index (χ1v) is 8.69. The van der Waals surface area contributed by atoms with Crippen molar-refractivity contribution in [2.75, 3.05) is 6.61 Å².